The third kappa shape index (κ3) is 3.06. The first-order chi connectivity index (χ1) is 11.0. The molecule has 2 aromatic carbocycles. The number of hydrogen-bond acceptors (Lipinski definition) is 3. The highest BCUT2D eigenvalue weighted by Gasteiger charge is 2.28. The Morgan fingerprint density at radius 3 is 2.17 bits per heavy atom. The number of hydrogen-bond donors (Lipinski definition) is 0. The number of fused-ring (bicyclic) bond motifs is 1. The van der Waals surface area contributed by atoms with Crippen molar-refractivity contribution in [3.63, 3.8) is 0 Å². The molecule has 0 spiro atoms. The van der Waals surface area contributed by atoms with Gasteiger partial charge in [0, 0.05) is 20.1 Å². The molecule has 1 heterocycles. The third-order valence-electron chi connectivity index (χ3n) is 4.28. The van der Waals surface area contributed by atoms with Gasteiger partial charge in [0.1, 0.15) is 0 Å². The van der Waals surface area contributed by atoms with Gasteiger partial charge in [-0.1, -0.05) is 29.8 Å². The van der Waals surface area contributed by atoms with Crippen LogP contribution in [0.15, 0.2) is 53.4 Å². The third-order valence-corrected chi connectivity index (χ3v) is 6.10. The molecule has 0 bridgehead atoms. The van der Waals surface area contributed by atoms with E-state index in [1.165, 1.54) is 0 Å². The summed E-state index contributed by atoms with van der Waals surface area (Å²) in [6.07, 6.45) is 1.83. The van der Waals surface area contributed by atoms with E-state index in [9.17, 15) is 8.42 Å². The summed E-state index contributed by atoms with van der Waals surface area (Å²) in [6, 6.07) is 14.8. The van der Waals surface area contributed by atoms with Gasteiger partial charge in [0.2, 0.25) is 0 Å². The molecule has 0 unspecified atom stereocenters. The topological polar surface area (TPSA) is 40.6 Å². The predicted octanol–water partition coefficient (Wildman–Crippen LogP) is 3.42. The summed E-state index contributed by atoms with van der Waals surface area (Å²) in [5.74, 6) is 0. The van der Waals surface area contributed by atoms with Crippen LogP contribution in [0.4, 0.5) is 11.4 Å². The molecule has 0 aliphatic carbocycles. The first-order valence-electron chi connectivity index (χ1n) is 7.90. The molecule has 0 atom stereocenters. The van der Waals surface area contributed by atoms with Crippen LogP contribution >= 0.6 is 0 Å². The van der Waals surface area contributed by atoms with Gasteiger partial charge in [0.05, 0.1) is 16.3 Å². The van der Waals surface area contributed by atoms with Crippen molar-refractivity contribution in [2.75, 3.05) is 29.3 Å². The molecular weight excluding hydrogens is 308 g/mol. The number of para-hydroxylation sites is 2. The zero-order valence-corrected chi connectivity index (χ0v) is 14.4. The van der Waals surface area contributed by atoms with Crippen molar-refractivity contribution in [2.24, 2.45) is 0 Å². The zero-order chi connectivity index (χ0) is 16.4. The van der Waals surface area contributed by atoms with Crippen LogP contribution in [0.1, 0.15) is 18.4 Å². The van der Waals surface area contributed by atoms with Crippen LogP contribution in [0.5, 0.6) is 0 Å². The molecule has 4 nitrogen and oxygen atoms in total. The van der Waals surface area contributed by atoms with E-state index < -0.39 is 10.0 Å². The minimum absolute atomic E-state index is 0.348. The highest BCUT2D eigenvalue weighted by molar-refractivity contribution is 7.92. The molecular formula is C18H22N2O2S. The molecule has 0 amide bonds. The predicted molar refractivity (Wildman–Crippen MR) is 94.7 cm³/mol. The molecule has 0 aromatic heterocycles. The smallest absolute Gasteiger partial charge is 0.264 e. The summed E-state index contributed by atoms with van der Waals surface area (Å²) >= 11 is 0. The number of anilines is 2. The van der Waals surface area contributed by atoms with E-state index in [1.54, 1.807) is 16.4 Å². The maximum atomic E-state index is 13.1. The molecule has 0 fully saturated rings. The summed E-state index contributed by atoms with van der Waals surface area (Å²) in [6.45, 7) is 3.41. The number of benzene rings is 2. The Morgan fingerprint density at radius 1 is 0.870 bits per heavy atom. The van der Waals surface area contributed by atoms with E-state index in [0.717, 1.165) is 36.3 Å². The summed E-state index contributed by atoms with van der Waals surface area (Å²) in [5.41, 5.74) is 2.77. The highest BCUT2D eigenvalue weighted by atomic mass is 32.2. The van der Waals surface area contributed by atoms with Gasteiger partial charge in [-0.25, -0.2) is 8.42 Å². The van der Waals surface area contributed by atoms with Crippen LogP contribution in [0, 0.1) is 6.92 Å². The number of sulfonamides is 1. The van der Waals surface area contributed by atoms with E-state index >= 15 is 0 Å². The average molecular weight is 330 g/mol. The van der Waals surface area contributed by atoms with Crippen molar-refractivity contribution < 1.29 is 8.42 Å². The van der Waals surface area contributed by atoms with E-state index in [0.29, 0.717) is 11.4 Å². The molecule has 3 rings (SSSR count). The number of aryl methyl sites for hydroxylation is 1. The molecule has 0 N–H and O–H groups in total. The largest absolute Gasteiger partial charge is 0.373 e. The van der Waals surface area contributed by atoms with Gasteiger partial charge in [-0.3, -0.25) is 4.31 Å². The maximum Gasteiger partial charge on any atom is 0.264 e. The van der Waals surface area contributed by atoms with Crippen LogP contribution in [-0.4, -0.2) is 28.6 Å². The molecule has 1 aliphatic rings. The van der Waals surface area contributed by atoms with Gasteiger partial charge in [0.25, 0.3) is 10.0 Å². The van der Waals surface area contributed by atoms with E-state index in [1.807, 2.05) is 50.4 Å². The maximum absolute atomic E-state index is 13.1. The lowest BCUT2D eigenvalue weighted by molar-refractivity contribution is 0.586. The fourth-order valence-corrected chi connectivity index (χ4v) is 4.45. The zero-order valence-electron chi connectivity index (χ0n) is 13.6. The van der Waals surface area contributed by atoms with Crippen LogP contribution in [0.3, 0.4) is 0 Å². The van der Waals surface area contributed by atoms with Gasteiger partial charge < -0.3 is 4.90 Å². The lowest BCUT2D eigenvalue weighted by Crippen LogP contribution is -2.36. The number of nitrogens with zero attached hydrogens (tertiary/aromatic N) is 2. The fraction of sp³-hybridized carbons (Fsp3) is 0.333. The van der Waals surface area contributed by atoms with Crippen molar-refractivity contribution in [3.8, 4) is 0 Å². The van der Waals surface area contributed by atoms with E-state index in [2.05, 4.69) is 4.90 Å². The SMILES string of the molecule is Cc1ccc(S(=O)(=O)N2CCCCN(C)c3ccccc32)cc1. The monoisotopic (exact) mass is 330 g/mol. The number of rotatable bonds is 2. The van der Waals surface area contributed by atoms with Crippen molar-refractivity contribution in [3.05, 3.63) is 54.1 Å². The van der Waals surface area contributed by atoms with Crippen LogP contribution in [0.2, 0.25) is 0 Å². The Kier molecular flexibility index (Phi) is 4.31. The summed E-state index contributed by atoms with van der Waals surface area (Å²) in [4.78, 5) is 2.48. The van der Waals surface area contributed by atoms with Crippen molar-refractivity contribution >= 4 is 21.4 Å². The quantitative estimate of drug-likeness (QED) is 0.847. The minimum atomic E-state index is -3.55. The molecule has 122 valence electrons. The first kappa shape index (κ1) is 15.9. The summed E-state index contributed by atoms with van der Waals surface area (Å²) in [5, 5.41) is 0. The Morgan fingerprint density at radius 2 is 1.48 bits per heavy atom. The molecule has 23 heavy (non-hydrogen) atoms. The lowest BCUT2D eigenvalue weighted by atomic mass is 10.2. The van der Waals surface area contributed by atoms with Crippen LogP contribution < -0.4 is 9.21 Å². The standard InChI is InChI=1S/C18H22N2O2S/c1-15-9-11-16(12-10-15)23(21,22)20-14-6-5-13-19(2)17-7-3-4-8-18(17)20/h3-4,7-12H,5-6,13-14H2,1-2H3. The highest BCUT2D eigenvalue weighted by Crippen LogP contribution is 2.34. The first-order valence-corrected chi connectivity index (χ1v) is 9.34. The average Bonchev–Trinajstić information content (AvgIpc) is 2.53. The van der Waals surface area contributed by atoms with Crippen LogP contribution in [0.25, 0.3) is 0 Å². The Labute approximate surface area is 138 Å². The lowest BCUT2D eigenvalue weighted by Gasteiger charge is -2.32. The van der Waals surface area contributed by atoms with Crippen molar-refractivity contribution in [2.45, 2.75) is 24.7 Å². The van der Waals surface area contributed by atoms with Gasteiger partial charge in [-0.15, -0.1) is 0 Å². The summed E-state index contributed by atoms with van der Waals surface area (Å²) in [7, 11) is -1.53. The molecule has 5 heteroatoms. The Balaban J connectivity index is 2.10. The van der Waals surface area contributed by atoms with Gasteiger partial charge in [-0.05, 0) is 44.0 Å². The second-order valence-corrected chi connectivity index (χ2v) is 7.87. The molecule has 2 aromatic rings. The van der Waals surface area contributed by atoms with Crippen LogP contribution in [-0.2, 0) is 10.0 Å². The second kappa shape index (κ2) is 6.24. The Bertz CT molecular complexity index is 785. The fourth-order valence-electron chi connectivity index (χ4n) is 2.93. The normalized spacial score (nSPS) is 15.7. The van der Waals surface area contributed by atoms with Gasteiger partial charge in [-0.2, -0.15) is 0 Å². The molecule has 0 saturated carbocycles. The molecule has 0 saturated heterocycles. The van der Waals surface area contributed by atoms with E-state index in [-0.39, 0.29) is 0 Å². The Hall–Kier alpha value is -2.01. The summed E-state index contributed by atoms with van der Waals surface area (Å²) < 4.78 is 27.8. The van der Waals surface area contributed by atoms with E-state index in [4.69, 9.17) is 0 Å². The second-order valence-electron chi connectivity index (χ2n) is 6.01. The molecule has 0 radical (unpaired) electrons. The van der Waals surface area contributed by atoms with Crippen molar-refractivity contribution in [1.29, 1.82) is 0 Å². The van der Waals surface area contributed by atoms with Gasteiger partial charge in [0.15, 0.2) is 0 Å². The van der Waals surface area contributed by atoms with Crippen molar-refractivity contribution in [1.82, 2.24) is 0 Å². The minimum Gasteiger partial charge on any atom is -0.373 e. The molecule has 1 aliphatic heterocycles. The van der Waals surface area contributed by atoms with Gasteiger partial charge >= 0.3 is 0 Å².